The number of thiophene rings is 1. The van der Waals surface area contributed by atoms with Crippen LogP contribution in [0, 0.1) is 5.92 Å². The molecule has 0 aliphatic carbocycles. The highest BCUT2D eigenvalue weighted by molar-refractivity contribution is 7.19. The molecule has 4 amide bonds. The fourth-order valence-electron chi connectivity index (χ4n) is 5.70. The van der Waals surface area contributed by atoms with Crippen LogP contribution in [0.1, 0.15) is 38.4 Å². The standard InChI is InChI=1S/C28H28N4O4S/c33-18-29-11-13-30(14-12-29)26(34)20-6-4-10-31(16-20)23-8-3-7-22-25(23)28(36)32(27(22)35)17-21-15-19-5-1-2-9-24(19)37-21/h1-3,5,7-9,15,18,20H,4,6,10-14,16-17H2. The monoisotopic (exact) mass is 516 g/mol. The lowest BCUT2D eigenvalue weighted by Gasteiger charge is -2.39. The largest absolute Gasteiger partial charge is 0.370 e. The van der Waals surface area contributed by atoms with Gasteiger partial charge in [-0.05, 0) is 42.5 Å². The van der Waals surface area contributed by atoms with Crippen LogP contribution in [0.2, 0.25) is 0 Å². The van der Waals surface area contributed by atoms with Gasteiger partial charge < -0.3 is 14.7 Å². The third kappa shape index (κ3) is 4.27. The third-order valence-corrected chi connectivity index (χ3v) is 8.75. The number of imide groups is 1. The molecule has 0 spiro atoms. The first kappa shape index (κ1) is 23.7. The molecule has 8 nitrogen and oxygen atoms in total. The van der Waals surface area contributed by atoms with Crippen LogP contribution >= 0.6 is 11.3 Å². The molecule has 2 fully saturated rings. The van der Waals surface area contributed by atoms with Crippen LogP contribution < -0.4 is 4.90 Å². The van der Waals surface area contributed by atoms with Crippen molar-refractivity contribution in [1.82, 2.24) is 14.7 Å². The maximum Gasteiger partial charge on any atom is 0.264 e. The topological polar surface area (TPSA) is 81.2 Å². The first-order valence-electron chi connectivity index (χ1n) is 12.7. The lowest BCUT2D eigenvalue weighted by Crippen LogP contribution is -2.52. The number of carbonyl (C=O) groups excluding carboxylic acids is 4. The van der Waals surface area contributed by atoms with Crippen molar-refractivity contribution in [3.63, 3.8) is 0 Å². The lowest BCUT2D eigenvalue weighted by molar-refractivity contribution is -0.139. The number of benzene rings is 2. The predicted octanol–water partition coefficient (Wildman–Crippen LogP) is 3.21. The molecule has 0 N–H and O–H groups in total. The number of fused-ring (bicyclic) bond motifs is 2. The highest BCUT2D eigenvalue weighted by atomic mass is 32.1. The molecule has 0 radical (unpaired) electrons. The molecule has 3 aromatic rings. The smallest absolute Gasteiger partial charge is 0.264 e. The molecule has 9 heteroatoms. The van der Waals surface area contributed by atoms with Gasteiger partial charge in [-0.2, -0.15) is 0 Å². The van der Waals surface area contributed by atoms with Gasteiger partial charge in [0.25, 0.3) is 11.8 Å². The van der Waals surface area contributed by atoms with E-state index in [2.05, 4.69) is 4.90 Å². The number of hydrogen-bond acceptors (Lipinski definition) is 6. The van der Waals surface area contributed by atoms with E-state index in [4.69, 9.17) is 0 Å². The van der Waals surface area contributed by atoms with Crippen molar-refractivity contribution in [2.45, 2.75) is 19.4 Å². The summed E-state index contributed by atoms with van der Waals surface area (Å²) in [5.74, 6) is -0.602. The van der Waals surface area contributed by atoms with E-state index in [1.54, 1.807) is 22.3 Å². The van der Waals surface area contributed by atoms with Crippen molar-refractivity contribution in [3.05, 3.63) is 64.5 Å². The molecule has 4 heterocycles. The molecule has 1 unspecified atom stereocenters. The SMILES string of the molecule is O=CN1CCN(C(=O)C2CCCN(c3cccc4c3C(=O)N(Cc3cc5ccccc5s3)C4=O)C2)CC1. The van der Waals surface area contributed by atoms with E-state index in [0.29, 0.717) is 43.9 Å². The van der Waals surface area contributed by atoms with Gasteiger partial charge in [0.1, 0.15) is 0 Å². The van der Waals surface area contributed by atoms with Gasteiger partial charge in [0.2, 0.25) is 12.3 Å². The minimum absolute atomic E-state index is 0.108. The van der Waals surface area contributed by atoms with E-state index in [0.717, 1.165) is 46.4 Å². The van der Waals surface area contributed by atoms with Crippen LogP contribution in [0.25, 0.3) is 10.1 Å². The number of carbonyl (C=O) groups is 4. The summed E-state index contributed by atoms with van der Waals surface area (Å²) in [7, 11) is 0. The van der Waals surface area contributed by atoms with E-state index in [1.807, 2.05) is 47.4 Å². The number of amides is 4. The first-order valence-corrected chi connectivity index (χ1v) is 13.5. The fourth-order valence-corrected chi connectivity index (χ4v) is 6.75. The molecular weight excluding hydrogens is 488 g/mol. The van der Waals surface area contributed by atoms with Gasteiger partial charge in [0.05, 0.1) is 29.3 Å². The number of nitrogens with zero attached hydrogens (tertiary/aromatic N) is 4. The second-order valence-electron chi connectivity index (χ2n) is 9.90. The molecule has 190 valence electrons. The van der Waals surface area contributed by atoms with Crippen molar-refractivity contribution in [3.8, 4) is 0 Å². The molecule has 6 rings (SSSR count). The number of piperazine rings is 1. The number of rotatable bonds is 5. The zero-order valence-electron chi connectivity index (χ0n) is 20.5. The zero-order valence-corrected chi connectivity index (χ0v) is 21.3. The van der Waals surface area contributed by atoms with E-state index in [-0.39, 0.29) is 30.2 Å². The minimum Gasteiger partial charge on any atom is -0.370 e. The van der Waals surface area contributed by atoms with Gasteiger partial charge in [-0.15, -0.1) is 11.3 Å². The lowest BCUT2D eigenvalue weighted by atomic mass is 9.94. The fraction of sp³-hybridized carbons (Fsp3) is 0.357. The van der Waals surface area contributed by atoms with Gasteiger partial charge in [0.15, 0.2) is 0 Å². The highest BCUT2D eigenvalue weighted by Crippen LogP contribution is 2.36. The molecule has 2 saturated heterocycles. The summed E-state index contributed by atoms with van der Waals surface area (Å²) in [5.41, 5.74) is 1.61. The quantitative estimate of drug-likeness (QED) is 0.384. The Balaban J connectivity index is 1.21. The Morgan fingerprint density at radius 1 is 0.973 bits per heavy atom. The summed E-state index contributed by atoms with van der Waals surface area (Å²) in [5, 5.41) is 1.11. The van der Waals surface area contributed by atoms with Gasteiger partial charge >= 0.3 is 0 Å². The Kier molecular flexibility index (Phi) is 6.16. The predicted molar refractivity (Wildman–Crippen MR) is 142 cm³/mol. The Bertz CT molecular complexity index is 1360. The Morgan fingerprint density at radius 2 is 1.78 bits per heavy atom. The summed E-state index contributed by atoms with van der Waals surface area (Å²) in [4.78, 5) is 59.1. The summed E-state index contributed by atoms with van der Waals surface area (Å²) in [6, 6.07) is 15.5. The van der Waals surface area contributed by atoms with Gasteiger partial charge in [-0.3, -0.25) is 24.1 Å². The zero-order chi connectivity index (χ0) is 25.5. The van der Waals surface area contributed by atoms with E-state index in [9.17, 15) is 19.2 Å². The third-order valence-electron chi connectivity index (χ3n) is 7.65. The van der Waals surface area contributed by atoms with Crippen molar-refractivity contribution in [1.29, 1.82) is 0 Å². The first-order chi connectivity index (χ1) is 18.0. The summed E-state index contributed by atoms with van der Waals surface area (Å²) in [6.45, 7) is 3.72. The van der Waals surface area contributed by atoms with Crippen LogP contribution in [0.4, 0.5) is 5.69 Å². The average molecular weight is 517 g/mol. The van der Waals surface area contributed by atoms with E-state index < -0.39 is 0 Å². The molecule has 2 aromatic carbocycles. The Labute approximate surface area is 219 Å². The van der Waals surface area contributed by atoms with Crippen molar-refractivity contribution < 1.29 is 19.2 Å². The van der Waals surface area contributed by atoms with Crippen molar-refractivity contribution in [2.24, 2.45) is 5.92 Å². The van der Waals surface area contributed by atoms with Crippen LogP contribution in [-0.4, -0.2) is 78.1 Å². The Hall–Kier alpha value is -3.72. The average Bonchev–Trinajstić information content (AvgIpc) is 3.47. The molecule has 1 atom stereocenters. The molecule has 1 aromatic heterocycles. The molecule has 37 heavy (non-hydrogen) atoms. The van der Waals surface area contributed by atoms with Gasteiger partial charge in [0, 0.05) is 48.8 Å². The van der Waals surface area contributed by atoms with Crippen LogP contribution in [0.15, 0.2) is 48.5 Å². The summed E-state index contributed by atoms with van der Waals surface area (Å²) < 4.78 is 1.13. The molecule has 0 saturated carbocycles. The molecule has 0 bridgehead atoms. The second-order valence-corrected chi connectivity index (χ2v) is 11.1. The molecule has 3 aliphatic rings. The summed E-state index contributed by atoms with van der Waals surface area (Å²) in [6.07, 6.45) is 2.47. The molecule has 3 aliphatic heterocycles. The minimum atomic E-state index is -0.272. The van der Waals surface area contributed by atoms with Gasteiger partial charge in [-0.1, -0.05) is 24.3 Å². The summed E-state index contributed by atoms with van der Waals surface area (Å²) >= 11 is 1.60. The van der Waals surface area contributed by atoms with Crippen LogP contribution in [-0.2, 0) is 16.1 Å². The van der Waals surface area contributed by atoms with Crippen molar-refractivity contribution >= 4 is 51.2 Å². The highest BCUT2D eigenvalue weighted by Gasteiger charge is 2.40. The maximum atomic E-state index is 13.6. The maximum absolute atomic E-state index is 13.6. The number of hydrogen-bond donors (Lipinski definition) is 0. The van der Waals surface area contributed by atoms with Crippen molar-refractivity contribution in [2.75, 3.05) is 44.2 Å². The number of anilines is 1. The van der Waals surface area contributed by atoms with E-state index >= 15 is 0 Å². The van der Waals surface area contributed by atoms with E-state index in [1.165, 1.54) is 4.90 Å². The number of piperidine rings is 1. The van der Waals surface area contributed by atoms with Gasteiger partial charge in [-0.25, -0.2) is 0 Å². The Morgan fingerprint density at radius 3 is 2.57 bits per heavy atom. The second kappa shape index (κ2) is 9.63. The molecular formula is C28H28N4O4S. The normalized spacial score (nSPS) is 20.1. The van der Waals surface area contributed by atoms with Crippen LogP contribution in [0.5, 0.6) is 0 Å². The van der Waals surface area contributed by atoms with Crippen LogP contribution in [0.3, 0.4) is 0 Å².